The summed E-state index contributed by atoms with van der Waals surface area (Å²) in [5, 5.41) is 9.41. The summed E-state index contributed by atoms with van der Waals surface area (Å²) in [6.45, 7) is 0.143. The number of sulfonamides is 1. The van der Waals surface area contributed by atoms with Crippen molar-refractivity contribution in [2.24, 2.45) is 5.41 Å². The molecule has 118 valence electrons. The average Bonchev–Trinajstić information content (AvgIpc) is 2.49. The first-order valence-electron chi connectivity index (χ1n) is 6.87. The van der Waals surface area contributed by atoms with Crippen LogP contribution in [0.3, 0.4) is 0 Å². The van der Waals surface area contributed by atoms with Crippen molar-refractivity contribution in [2.45, 2.75) is 37.0 Å². The molecule has 0 saturated heterocycles. The van der Waals surface area contributed by atoms with Gasteiger partial charge in [0.2, 0.25) is 10.0 Å². The Morgan fingerprint density at radius 3 is 2.57 bits per heavy atom. The molecule has 1 aromatic heterocycles. The van der Waals surface area contributed by atoms with Crippen molar-refractivity contribution < 1.29 is 13.5 Å². The van der Waals surface area contributed by atoms with Crippen molar-refractivity contribution in [2.75, 3.05) is 13.2 Å². The molecule has 1 fully saturated rings. The molecule has 0 radical (unpaired) electrons. The van der Waals surface area contributed by atoms with E-state index in [4.69, 9.17) is 11.6 Å². The molecule has 0 spiro atoms. The Morgan fingerprint density at radius 1 is 1.33 bits per heavy atom. The van der Waals surface area contributed by atoms with E-state index >= 15 is 0 Å². The highest BCUT2D eigenvalue weighted by Crippen LogP contribution is 2.35. The zero-order valence-corrected chi connectivity index (χ0v) is 13.1. The number of aliphatic hydroxyl groups is 1. The summed E-state index contributed by atoms with van der Waals surface area (Å²) in [5.41, 5.74) is -0.924. The van der Waals surface area contributed by atoms with Crippen LogP contribution < -0.4 is 10.3 Å². The van der Waals surface area contributed by atoms with Gasteiger partial charge in [0, 0.05) is 24.8 Å². The van der Waals surface area contributed by atoms with Crippen LogP contribution in [-0.4, -0.2) is 31.7 Å². The quantitative estimate of drug-likeness (QED) is 0.754. The van der Waals surface area contributed by atoms with E-state index in [2.05, 4.69) is 9.71 Å². The van der Waals surface area contributed by atoms with Crippen molar-refractivity contribution in [3.63, 3.8) is 0 Å². The molecule has 8 heteroatoms. The lowest BCUT2D eigenvalue weighted by molar-refractivity contribution is 0.0867. The Hall–Kier alpha value is -0.890. The van der Waals surface area contributed by atoms with E-state index in [9.17, 15) is 18.3 Å². The Morgan fingerprint density at radius 2 is 2.00 bits per heavy atom. The minimum absolute atomic E-state index is 0.0398. The van der Waals surface area contributed by atoms with Gasteiger partial charge in [-0.1, -0.05) is 30.9 Å². The van der Waals surface area contributed by atoms with Gasteiger partial charge in [-0.25, -0.2) is 13.1 Å². The smallest absolute Gasteiger partial charge is 0.266 e. The van der Waals surface area contributed by atoms with Gasteiger partial charge in [-0.3, -0.25) is 4.79 Å². The van der Waals surface area contributed by atoms with Gasteiger partial charge in [0.15, 0.2) is 0 Å². The fourth-order valence-corrected chi connectivity index (χ4v) is 4.00. The fourth-order valence-electron chi connectivity index (χ4n) is 2.62. The third-order valence-electron chi connectivity index (χ3n) is 4.03. The van der Waals surface area contributed by atoms with Crippen molar-refractivity contribution in [3.05, 3.63) is 27.6 Å². The van der Waals surface area contributed by atoms with Crippen LogP contribution in [-0.2, 0) is 10.0 Å². The number of aliphatic hydroxyl groups excluding tert-OH is 1. The standard InChI is InChI=1S/C13H19ClN2O4S/c14-11-6-10(7-15-12(11)18)21(19,20)16-8-13(9-17)4-2-1-3-5-13/h6-7,16-17H,1-5,8-9H2,(H,15,18). The van der Waals surface area contributed by atoms with Gasteiger partial charge < -0.3 is 10.1 Å². The molecule has 3 N–H and O–H groups in total. The van der Waals surface area contributed by atoms with E-state index in [1.807, 2.05) is 0 Å². The molecule has 0 aliphatic heterocycles. The van der Waals surface area contributed by atoms with E-state index in [0.29, 0.717) is 0 Å². The number of H-pyrrole nitrogens is 1. The van der Waals surface area contributed by atoms with Crippen LogP contribution in [0.1, 0.15) is 32.1 Å². The molecular weight excluding hydrogens is 316 g/mol. The van der Waals surface area contributed by atoms with E-state index in [1.54, 1.807) is 0 Å². The van der Waals surface area contributed by atoms with Gasteiger partial charge in [-0.2, -0.15) is 0 Å². The molecule has 6 nitrogen and oxygen atoms in total. The maximum absolute atomic E-state index is 12.2. The lowest BCUT2D eigenvalue weighted by Crippen LogP contribution is -2.41. The van der Waals surface area contributed by atoms with Crippen LogP contribution in [0.15, 0.2) is 22.0 Å². The maximum Gasteiger partial charge on any atom is 0.266 e. The van der Waals surface area contributed by atoms with Crippen molar-refractivity contribution in [1.82, 2.24) is 9.71 Å². The number of hydrogen-bond acceptors (Lipinski definition) is 4. The molecule has 0 aromatic carbocycles. The van der Waals surface area contributed by atoms with Crippen molar-refractivity contribution in [3.8, 4) is 0 Å². The number of halogens is 1. The highest BCUT2D eigenvalue weighted by atomic mass is 35.5. The predicted molar refractivity (Wildman–Crippen MR) is 79.9 cm³/mol. The minimum atomic E-state index is -3.76. The summed E-state index contributed by atoms with van der Waals surface area (Å²) < 4.78 is 27.0. The molecule has 0 unspecified atom stereocenters. The third kappa shape index (κ3) is 3.85. The molecule has 0 amide bonds. The van der Waals surface area contributed by atoms with Crippen LogP contribution >= 0.6 is 11.6 Å². The zero-order valence-electron chi connectivity index (χ0n) is 11.6. The zero-order chi connectivity index (χ0) is 15.5. The van der Waals surface area contributed by atoms with Gasteiger partial charge in [-0.15, -0.1) is 0 Å². The lowest BCUT2D eigenvalue weighted by Gasteiger charge is -2.35. The molecule has 1 heterocycles. The minimum Gasteiger partial charge on any atom is -0.396 e. The molecule has 1 saturated carbocycles. The second-order valence-electron chi connectivity index (χ2n) is 5.56. The Bertz CT molecular complexity index is 650. The van der Waals surface area contributed by atoms with E-state index in [1.165, 1.54) is 0 Å². The van der Waals surface area contributed by atoms with E-state index < -0.39 is 21.0 Å². The second-order valence-corrected chi connectivity index (χ2v) is 7.73. The summed E-state index contributed by atoms with van der Waals surface area (Å²) in [5.74, 6) is 0. The largest absolute Gasteiger partial charge is 0.396 e. The molecule has 0 atom stereocenters. The normalized spacial score (nSPS) is 18.6. The molecule has 21 heavy (non-hydrogen) atoms. The SMILES string of the molecule is O=c1[nH]cc(S(=O)(=O)NCC2(CO)CCCCC2)cc1Cl. The summed E-state index contributed by atoms with van der Waals surface area (Å²) >= 11 is 5.65. The summed E-state index contributed by atoms with van der Waals surface area (Å²) in [7, 11) is -3.76. The predicted octanol–water partition coefficient (Wildman–Crippen LogP) is 1.25. The third-order valence-corrected chi connectivity index (χ3v) is 5.69. The molecule has 1 aromatic rings. The monoisotopic (exact) mass is 334 g/mol. The molecular formula is C13H19ClN2O4S. The number of hydrogen-bond donors (Lipinski definition) is 3. The maximum atomic E-state index is 12.2. The Labute approximate surface area is 128 Å². The first-order chi connectivity index (χ1) is 9.88. The average molecular weight is 335 g/mol. The summed E-state index contributed by atoms with van der Waals surface area (Å²) in [6, 6.07) is 1.12. The number of pyridine rings is 1. The summed E-state index contributed by atoms with van der Waals surface area (Å²) in [4.78, 5) is 13.4. The van der Waals surface area contributed by atoms with Gasteiger partial charge in [-0.05, 0) is 18.9 Å². The first-order valence-corrected chi connectivity index (χ1v) is 8.73. The topological polar surface area (TPSA) is 99.3 Å². The van der Waals surface area contributed by atoms with Crippen molar-refractivity contribution >= 4 is 21.6 Å². The van der Waals surface area contributed by atoms with Crippen LogP contribution in [0.25, 0.3) is 0 Å². The molecule has 1 aliphatic carbocycles. The number of nitrogens with one attached hydrogen (secondary N) is 2. The van der Waals surface area contributed by atoms with Gasteiger partial charge in [0.1, 0.15) is 5.02 Å². The highest BCUT2D eigenvalue weighted by Gasteiger charge is 2.33. The first kappa shape index (κ1) is 16.5. The number of aromatic nitrogens is 1. The molecule has 0 bridgehead atoms. The molecule has 1 aliphatic rings. The second kappa shape index (κ2) is 6.48. The number of rotatable bonds is 5. The van der Waals surface area contributed by atoms with Gasteiger partial charge >= 0.3 is 0 Å². The van der Waals surface area contributed by atoms with Gasteiger partial charge in [0.05, 0.1) is 4.90 Å². The van der Waals surface area contributed by atoms with E-state index in [-0.39, 0.29) is 23.1 Å². The summed E-state index contributed by atoms with van der Waals surface area (Å²) in [6.07, 6.45) is 5.82. The Balaban J connectivity index is 2.13. The molecule has 2 rings (SSSR count). The van der Waals surface area contributed by atoms with Crippen LogP contribution in [0.2, 0.25) is 5.02 Å². The van der Waals surface area contributed by atoms with E-state index in [0.717, 1.165) is 44.4 Å². The van der Waals surface area contributed by atoms with Crippen LogP contribution in [0, 0.1) is 5.41 Å². The Kier molecular flexibility index (Phi) is 5.08. The highest BCUT2D eigenvalue weighted by molar-refractivity contribution is 7.89. The number of aromatic amines is 1. The van der Waals surface area contributed by atoms with Crippen LogP contribution in [0.4, 0.5) is 0 Å². The van der Waals surface area contributed by atoms with Crippen LogP contribution in [0.5, 0.6) is 0 Å². The lowest BCUT2D eigenvalue weighted by atomic mass is 9.75. The van der Waals surface area contributed by atoms with Crippen molar-refractivity contribution in [1.29, 1.82) is 0 Å². The van der Waals surface area contributed by atoms with Gasteiger partial charge in [0.25, 0.3) is 5.56 Å². The fraction of sp³-hybridized carbons (Fsp3) is 0.615.